The van der Waals surface area contributed by atoms with Gasteiger partial charge in [-0.15, -0.1) is 0 Å². The van der Waals surface area contributed by atoms with E-state index in [1.807, 2.05) is 19.1 Å². The molecule has 110 valence electrons. The Labute approximate surface area is 131 Å². The minimum Gasteiger partial charge on any atom is -0.364 e. The molecule has 1 aliphatic carbocycles. The number of hydrogen-bond donors (Lipinski definition) is 1. The molecule has 0 amide bonds. The molecule has 0 bridgehead atoms. The molecule has 1 N–H and O–H groups in total. The maximum atomic E-state index is 6.47. The van der Waals surface area contributed by atoms with E-state index in [0.29, 0.717) is 6.04 Å². The van der Waals surface area contributed by atoms with Crippen LogP contribution in [0.15, 0.2) is 12.1 Å². The Morgan fingerprint density at radius 1 is 1.25 bits per heavy atom. The van der Waals surface area contributed by atoms with E-state index in [0.717, 1.165) is 40.3 Å². The first kappa shape index (κ1) is 14.5. The lowest BCUT2D eigenvalue weighted by molar-refractivity contribution is 0.261. The standard InChI is InChI=1S/C16H22Cl2N2/c1-10-6-14(18)15(7-13(10)17)20-9-16(3,12-4-5-12)19-8-11(20)2/h6-7,11-12,19H,4-5,8-9H2,1-3H3. The molecule has 1 saturated heterocycles. The molecule has 2 aliphatic rings. The second-order valence-corrected chi connectivity index (χ2v) is 7.42. The van der Waals surface area contributed by atoms with Gasteiger partial charge in [-0.3, -0.25) is 0 Å². The fraction of sp³-hybridized carbons (Fsp3) is 0.625. The Hall–Kier alpha value is -0.440. The Bertz CT molecular complexity index is 527. The summed E-state index contributed by atoms with van der Waals surface area (Å²) in [5.74, 6) is 0.803. The van der Waals surface area contributed by atoms with Crippen LogP contribution in [0.5, 0.6) is 0 Å². The highest BCUT2D eigenvalue weighted by atomic mass is 35.5. The molecule has 2 unspecified atom stereocenters. The van der Waals surface area contributed by atoms with Crippen LogP contribution in [0.3, 0.4) is 0 Å². The zero-order valence-electron chi connectivity index (χ0n) is 12.3. The zero-order valence-corrected chi connectivity index (χ0v) is 13.9. The molecule has 3 rings (SSSR count). The molecule has 1 saturated carbocycles. The van der Waals surface area contributed by atoms with Crippen LogP contribution in [0, 0.1) is 12.8 Å². The minimum atomic E-state index is 0.202. The van der Waals surface area contributed by atoms with Crippen molar-refractivity contribution in [3.05, 3.63) is 27.7 Å². The number of hydrogen-bond acceptors (Lipinski definition) is 2. The maximum Gasteiger partial charge on any atom is 0.0643 e. The molecule has 2 fully saturated rings. The third kappa shape index (κ3) is 2.54. The topological polar surface area (TPSA) is 15.3 Å². The van der Waals surface area contributed by atoms with Crippen molar-refractivity contribution in [2.75, 3.05) is 18.0 Å². The lowest BCUT2D eigenvalue weighted by Gasteiger charge is -2.47. The van der Waals surface area contributed by atoms with E-state index in [1.165, 1.54) is 12.8 Å². The van der Waals surface area contributed by atoms with E-state index in [4.69, 9.17) is 23.2 Å². The fourth-order valence-electron chi connectivity index (χ4n) is 3.23. The third-order valence-electron chi connectivity index (χ3n) is 4.85. The van der Waals surface area contributed by atoms with Crippen molar-refractivity contribution in [1.82, 2.24) is 5.32 Å². The first-order valence-electron chi connectivity index (χ1n) is 7.38. The van der Waals surface area contributed by atoms with Gasteiger partial charge in [0, 0.05) is 29.7 Å². The second kappa shape index (κ2) is 5.08. The zero-order chi connectivity index (χ0) is 14.5. The highest BCUT2D eigenvalue weighted by molar-refractivity contribution is 6.35. The van der Waals surface area contributed by atoms with Gasteiger partial charge in [0.15, 0.2) is 0 Å². The molecule has 1 heterocycles. The van der Waals surface area contributed by atoms with Gasteiger partial charge in [-0.2, -0.15) is 0 Å². The van der Waals surface area contributed by atoms with Gasteiger partial charge in [-0.25, -0.2) is 0 Å². The highest BCUT2D eigenvalue weighted by Crippen LogP contribution is 2.43. The monoisotopic (exact) mass is 312 g/mol. The molecular weight excluding hydrogens is 291 g/mol. The summed E-state index contributed by atoms with van der Waals surface area (Å²) in [7, 11) is 0. The van der Waals surface area contributed by atoms with Crippen LogP contribution in [0.2, 0.25) is 10.0 Å². The average Bonchev–Trinajstić information content (AvgIpc) is 3.22. The number of halogens is 2. The number of nitrogens with zero attached hydrogens (tertiary/aromatic N) is 1. The molecular formula is C16H22Cl2N2. The van der Waals surface area contributed by atoms with Gasteiger partial charge in [0.25, 0.3) is 0 Å². The van der Waals surface area contributed by atoms with Crippen LogP contribution in [0.1, 0.15) is 32.3 Å². The van der Waals surface area contributed by atoms with Crippen molar-refractivity contribution in [2.24, 2.45) is 5.92 Å². The molecule has 0 aromatic heterocycles. The number of piperazine rings is 1. The molecule has 2 atom stereocenters. The van der Waals surface area contributed by atoms with Gasteiger partial charge in [0.2, 0.25) is 0 Å². The number of rotatable bonds is 2. The van der Waals surface area contributed by atoms with Crippen molar-refractivity contribution >= 4 is 28.9 Å². The van der Waals surface area contributed by atoms with Crippen molar-refractivity contribution in [2.45, 2.75) is 45.2 Å². The minimum absolute atomic E-state index is 0.202. The van der Waals surface area contributed by atoms with E-state index in [1.54, 1.807) is 0 Å². The fourth-order valence-corrected chi connectivity index (χ4v) is 3.71. The molecule has 1 aromatic rings. The summed E-state index contributed by atoms with van der Waals surface area (Å²) in [4.78, 5) is 2.42. The van der Waals surface area contributed by atoms with Crippen LogP contribution in [0.25, 0.3) is 0 Å². The van der Waals surface area contributed by atoms with Crippen LogP contribution in [-0.2, 0) is 0 Å². The van der Waals surface area contributed by atoms with Crippen LogP contribution >= 0.6 is 23.2 Å². The molecule has 1 aromatic carbocycles. The van der Waals surface area contributed by atoms with E-state index in [2.05, 4.69) is 24.1 Å². The van der Waals surface area contributed by atoms with Crippen molar-refractivity contribution in [3.8, 4) is 0 Å². The van der Waals surface area contributed by atoms with E-state index < -0.39 is 0 Å². The van der Waals surface area contributed by atoms with Crippen LogP contribution in [-0.4, -0.2) is 24.7 Å². The second-order valence-electron chi connectivity index (χ2n) is 6.60. The SMILES string of the molecule is Cc1cc(Cl)c(N2CC(C)(C3CC3)NCC2C)cc1Cl. The quantitative estimate of drug-likeness (QED) is 0.877. The van der Waals surface area contributed by atoms with E-state index in [-0.39, 0.29) is 5.54 Å². The largest absolute Gasteiger partial charge is 0.364 e. The number of nitrogens with one attached hydrogen (secondary N) is 1. The summed E-state index contributed by atoms with van der Waals surface area (Å²) in [6, 6.07) is 4.43. The summed E-state index contributed by atoms with van der Waals surface area (Å²) >= 11 is 12.8. The summed E-state index contributed by atoms with van der Waals surface area (Å²) in [5, 5.41) is 5.33. The number of anilines is 1. The lowest BCUT2D eigenvalue weighted by atomic mass is 9.91. The van der Waals surface area contributed by atoms with Gasteiger partial charge in [-0.1, -0.05) is 23.2 Å². The Kier molecular flexibility index (Phi) is 3.68. The third-order valence-corrected chi connectivity index (χ3v) is 5.56. The predicted octanol–water partition coefficient (Wildman–Crippen LogP) is 4.27. The van der Waals surface area contributed by atoms with Gasteiger partial charge >= 0.3 is 0 Å². The Morgan fingerprint density at radius 2 is 1.95 bits per heavy atom. The van der Waals surface area contributed by atoms with Crippen molar-refractivity contribution in [1.29, 1.82) is 0 Å². The van der Waals surface area contributed by atoms with Gasteiger partial charge in [0.1, 0.15) is 0 Å². The summed E-state index contributed by atoms with van der Waals surface area (Å²) < 4.78 is 0. The van der Waals surface area contributed by atoms with Gasteiger partial charge < -0.3 is 10.2 Å². The normalized spacial score (nSPS) is 30.6. The molecule has 0 radical (unpaired) electrons. The molecule has 20 heavy (non-hydrogen) atoms. The van der Waals surface area contributed by atoms with Crippen LogP contribution < -0.4 is 10.2 Å². The molecule has 4 heteroatoms. The van der Waals surface area contributed by atoms with Gasteiger partial charge in [0.05, 0.1) is 10.7 Å². The molecule has 2 nitrogen and oxygen atoms in total. The first-order valence-corrected chi connectivity index (χ1v) is 8.13. The summed E-state index contributed by atoms with van der Waals surface area (Å²) in [6.07, 6.45) is 2.68. The van der Waals surface area contributed by atoms with Crippen LogP contribution in [0.4, 0.5) is 5.69 Å². The molecule has 1 aliphatic heterocycles. The smallest absolute Gasteiger partial charge is 0.0643 e. The van der Waals surface area contributed by atoms with E-state index in [9.17, 15) is 0 Å². The van der Waals surface area contributed by atoms with Crippen molar-refractivity contribution < 1.29 is 0 Å². The first-order chi connectivity index (χ1) is 9.40. The lowest BCUT2D eigenvalue weighted by Crippen LogP contribution is -2.63. The highest BCUT2D eigenvalue weighted by Gasteiger charge is 2.45. The molecule has 0 spiro atoms. The number of aryl methyl sites for hydroxylation is 1. The average molecular weight is 313 g/mol. The summed E-state index contributed by atoms with van der Waals surface area (Å²) in [5.41, 5.74) is 2.31. The summed E-state index contributed by atoms with van der Waals surface area (Å²) in [6.45, 7) is 8.57. The predicted molar refractivity (Wildman–Crippen MR) is 87.1 cm³/mol. The van der Waals surface area contributed by atoms with E-state index >= 15 is 0 Å². The number of benzene rings is 1. The van der Waals surface area contributed by atoms with Gasteiger partial charge in [-0.05, 0) is 57.2 Å². The Morgan fingerprint density at radius 3 is 2.60 bits per heavy atom. The van der Waals surface area contributed by atoms with Crippen molar-refractivity contribution in [3.63, 3.8) is 0 Å². The Balaban J connectivity index is 1.93. The maximum absolute atomic E-state index is 6.47.